The number of nitrogens with one attached hydrogen (secondary N) is 1. The lowest BCUT2D eigenvalue weighted by Crippen LogP contribution is -2.37. The number of nitrogens with zero attached hydrogens (tertiary/aromatic N) is 2. The molecule has 144 valence electrons. The molecule has 1 aromatic heterocycles. The number of pyridine rings is 1. The topological polar surface area (TPSA) is 54.5 Å². The molecule has 0 atom stereocenters. The molecule has 0 saturated heterocycles. The van der Waals surface area contributed by atoms with E-state index >= 15 is 0 Å². The molecule has 2 aromatic rings. The number of benzene rings is 1. The summed E-state index contributed by atoms with van der Waals surface area (Å²) in [5.41, 5.74) is 6.08. The van der Waals surface area contributed by atoms with Crippen LogP contribution in [0.3, 0.4) is 0 Å². The van der Waals surface area contributed by atoms with Gasteiger partial charge in [-0.3, -0.25) is 4.79 Å². The van der Waals surface area contributed by atoms with E-state index < -0.39 is 0 Å². The number of aryl methyl sites for hydroxylation is 4. The Morgan fingerprint density at radius 1 is 1.11 bits per heavy atom. The fourth-order valence-corrected chi connectivity index (χ4v) is 3.85. The fraction of sp³-hybridized carbons (Fsp3) is 0.455. The zero-order valence-electron chi connectivity index (χ0n) is 17.1. The SMILES string of the molecule is CCC(CC)Oc1cc(C)nc2c1NC(=O)CN2c1c(C)cc(C)cc1C. The summed E-state index contributed by atoms with van der Waals surface area (Å²) < 4.78 is 6.22. The standard InChI is InChI=1S/C22H29N3O2/c1-7-17(8-2)27-18-11-16(6)23-22-20(18)24-19(26)12-25(22)21-14(4)9-13(3)10-15(21)5/h9-11,17H,7-8,12H2,1-6H3,(H,24,26). The lowest BCUT2D eigenvalue weighted by molar-refractivity contribution is -0.115. The smallest absolute Gasteiger partial charge is 0.244 e. The molecule has 0 aliphatic carbocycles. The van der Waals surface area contributed by atoms with E-state index in [4.69, 9.17) is 9.72 Å². The summed E-state index contributed by atoms with van der Waals surface area (Å²) in [6.45, 7) is 12.7. The largest absolute Gasteiger partial charge is 0.488 e. The third-order valence-corrected chi connectivity index (χ3v) is 5.02. The lowest BCUT2D eigenvalue weighted by atomic mass is 10.0. The summed E-state index contributed by atoms with van der Waals surface area (Å²) in [6.07, 6.45) is 1.95. The van der Waals surface area contributed by atoms with Gasteiger partial charge in [0.1, 0.15) is 18.0 Å². The Kier molecular flexibility index (Phi) is 5.40. The summed E-state index contributed by atoms with van der Waals surface area (Å²) in [6, 6.07) is 6.20. The number of ether oxygens (including phenoxy) is 1. The number of aromatic nitrogens is 1. The van der Waals surface area contributed by atoms with Crippen LogP contribution >= 0.6 is 0 Å². The summed E-state index contributed by atoms with van der Waals surface area (Å²) in [4.78, 5) is 19.3. The number of anilines is 3. The summed E-state index contributed by atoms with van der Waals surface area (Å²) in [5, 5.41) is 2.99. The first kappa shape index (κ1) is 19.2. The van der Waals surface area contributed by atoms with E-state index in [0.717, 1.165) is 41.2 Å². The minimum atomic E-state index is -0.0538. The van der Waals surface area contributed by atoms with Gasteiger partial charge in [0.25, 0.3) is 0 Å². The first-order valence-electron chi connectivity index (χ1n) is 9.67. The van der Waals surface area contributed by atoms with Gasteiger partial charge < -0.3 is 15.0 Å². The highest BCUT2D eigenvalue weighted by Crippen LogP contribution is 2.42. The van der Waals surface area contributed by atoms with E-state index in [1.165, 1.54) is 5.56 Å². The van der Waals surface area contributed by atoms with Crippen molar-refractivity contribution in [2.24, 2.45) is 0 Å². The van der Waals surface area contributed by atoms with Crippen LogP contribution in [0.25, 0.3) is 0 Å². The normalized spacial score (nSPS) is 13.6. The van der Waals surface area contributed by atoms with Gasteiger partial charge in [-0.15, -0.1) is 0 Å². The molecule has 5 nitrogen and oxygen atoms in total. The second-order valence-corrected chi connectivity index (χ2v) is 7.40. The minimum absolute atomic E-state index is 0.0538. The third-order valence-electron chi connectivity index (χ3n) is 5.02. The van der Waals surface area contributed by atoms with Crippen LogP contribution < -0.4 is 15.0 Å². The Morgan fingerprint density at radius 3 is 2.33 bits per heavy atom. The van der Waals surface area contributed by atoms with Gasteiger partial charge in [0.2, 0.25) is 5.91 Å². The fourth-order valence-electron chi connectivity index (χ4n) is 3.85. The molecule has 5 heteroatoms. The molecule has 2 heterocycles. The van der Waals surface area contributed by atoms with Crippen LogP contribution in [0.2, 0.25) is 0 Å². The summed E-state index contributed by atoms with van der Waals surface area (Å²) in [5.74, 6) is 1.40. The molecule has 27 heavy (non-hydrogen) atoms. The number of hydrogen-bond acceptors (Lipinski definition) is 4. The number of carbonyl (C=O) groups is 1. The van der Waals surface area contributed by atoms with Crippen molar-refractivity contribution in [3.8, 4) is 5.75 Å². The van der Waals surface area contributed by atoms with E-state index in [-0.39, 0.29) is 18.6 Å². The molecule has 0 fully saturated rings. The minimum Gasteiger partial charge on any atom is -0.488 e. The number of rotatable bonds is 5. The van der Waals surface area contributed by atoms with Crippen LogP contribution in [-0.2, 0) is 4.79 Å². The van der Waals surface area contributed by atoms with Gasteiger partial charge in [0.15, 0.2) is 5.82 Å². The predicted octanol–water partition coefficient (Wildman–Crippen LogP) is 4.97. The lowest BCUT2D eigenvalue weighted by Gasteiger charge is -2.33. The van der Waals surface area contributed by atoms with Gasteiger partial charge in [-0.2, -0.15) is 0 Å². The number of hydrogen-bond donors (Lipinski definition) is 1. The molecule has 3 rings (SSSR count). The van der Waals surface area contributed by atoms with Crippen LogP contribution in [0.4, 0.5) is 17.2 Å². The van der Waals surface area contributed by atoms with Crippen molar-refractivity contribution in [2.45, 2.75) is 60.5 Å². The van der Waals surface area contributed by atoms with Crippen molar-refractivity contribution in [1.29, 1.82) is 0 Å². The highest BCUT2D eigenvalue weighted by Gasteiger charge is 2.30. The van der Waals surface area contributed by atoms with Crippen molar-refractivity contribution >= 4 is 23.1 Å². The van der Waals surface area contributed by atoms with Crippen molar-refractivity contribution in [2.75, 3.05) is 16.8 Å². The van der Waals surface area contributed by atoms with Crippen LogP contribution in [-0.4, -0.2) is 23.5 Å². The second kappa shape index (κ2) is 7.59. The van der Waals surface area contributed by atoms with Crippen LogP contribution in [0.1, 0.15) is 49.1 Å². The molecule has 0 spiro atoms. The first-order chi connectivity index (χ1) is 12.8. The van der Waals surface area contributed by atoms with E-state index in [1.54, 1.807) is 0 Å². The van der Waals surface area contributed by atoms with Gasteiger partial charge in [-0.25, -0.2) is 4.98 Å². The van der Waals surface area contributed by atoms with Crippen LogP contribution in [0.5, 0.6) is 5.75 Å². The van der Waals surface area contributed by atoms with Crippen molar-refractivity contribution in [3.63, 3.8) is 0 Å². The molecule has 1 aliphatic rings. The predicted molar refractivity (Wildman–Crippen MR) is 110 cm³/mol. The highest BCUT2D eigenvalue weighted by atomic mass is 16.5. The summed E-state index contributed by atoms with van der Waals surface area (Å²) in [7, 11) is 0. The quantitative estimate of drug-likeness (QED) is 0.810. The Bertz CT molecular complexity index is 849. The number of fused-ring (bicyclic) bond motifs is 1. The molecular weight excluding hydrogens is 338 g/mol. The third kappa shape index (κ3) is 3.77. The van der Waals surface area contributed by atoms with Crippen molar-refractivity contribution in [3.05, 3.63) is 40.6 Å². The monoisotopic (exact) mass is 367 g/mol. The maximum Gasteiger partial charge on any atom is 0.244 e. The Morgan fingerprint density at radius 2 is 1.74 bits per heavy atom. The molecule has 0 unspecified atom stereocenters. The maximum absolute atomic E-state index is 12.5. The van der Waals surface area contributed by atoms with Crippen molar-refractivity contribution < 1.29 is 9.53 Å². The van der Waals surface area contributed by atoms with E-state index in [0.29, 0.717) is 11.4 Å². The van der Waals surface area contributed by atoms with Gasteiger partial charge in [-0.05, 0) is 51.7 Å². The molecule has 1 amide bonds. The maximum atomic E-state index is 12.5. The van der Waals surface area contributed by atoms with Gasteiger partial charge >= 0.3 is 0 Å². The Hall–Kier alpha value is -2.56. The molecule has 1 aromatic carbocycles. The molecule has 0 saturated carbocycles. The van der Waals surface area contributed by atoms with E-state index in [1.807, 2.05) is 17.9 Å². The summed E-state index contributed by atoms with van der Waals surface area (Å²) >= 11 is 0. The average molecular weight is 367 g/mol. The molecular formula is C22H29N3O2. The van der Waals surface area contributed by atoms with E-state index in [9.17, 15) is 4.79 Å². The van der Waals surface area contributed by atoms with Gasteiger partial charge in [-0.1, -0.05) is 31.5 Å². The molecule has 1 aliphatic heterocycles. The number of carbonyl (C=O) groups excluding carboxylic acids is 1. The van der Waals surface area contributed by atoms with Crippen molar-refractivity contribution in [1.82, 2.24) is 4.98 Å². The second-order valence-electron chi connectivity index (χ2n) is 7.40. The Labute approximate surface area is 161 Å². The zero-order valence-corrected chi connectivity index (χ0v) is 17.1. The zero-order chi connectivity index (χ0) is 19.7. The number of amides is 1. The average Bonchev–Trinajstić information content (AvgIpc) is 2.59. The van der Waals surface area contributed by atoms with E-state index in [2.05, 4.69) is 52.1 Å². The molecule has 0 radical (unpaired) electrons. The van der Waals surface area contributed by atoms with Gasteiger partial charge in [0, 0.05) is 17.4 Å². The van der Waals surface area contributed by atoms with Crippen LogP contribution in [0.15, 0.2) is 18.2 Å². The molecule has 1 N–H and O–H groups in total. The first-order valence-corrected chi connectivity index (χ1v) is 9.67. The van der Waals surface area contributed by atoms with Crippen LogP contribution in [0, 0.1) is 27.7 Å². The highest BCUT2D eigenvalue weighted by molar-refractivity contribution is 6.04. The van der Waals surface area contributed by atoms with Gasteiger partial charge in [0.05, 0.1) is 6.10 Å². The molecule has 0 bridgehead atoms. The Balaban J connectivity index is 2.15.